The SMILES string of the molecule is CNC(=O)C[C@@H](NC(=O)CNC(=O)[C@H](C)NC(=O)COc1ccc([C@H](NC)c2ccc(OC)cc2OC)cc1)c1ccccc1[N+](=O)[O-]. The number of carbonyl (C=O) groups excluding carboxylic acids is 4. The van der Waals surface area contributed by atoms with E-state index in [0.717, 1.165) is 11.1 Å². The minimum atomic E-state index is -1.02. The summed E-state index contributed by atoms with van der Waals surface area (Å²) in [5.74, 6) is -0.587. The molecule has 0 fully saturated rings. The zero-order valence-corrected chi connectivity index (χ0v) is 27.3. The van der Waals surface area contributed by atoms with Gasteiger partial charge in [0.1, 0.15) is 23.3 Å². The van der Waals surface area contributed by atoms with E-state index in [4.69, 9.17) is 14.2 Å². The Kier molecular flexibility index (Phi) is 13.7. The molecule has 0 unspecified atom stereocenters. The summed E-state index contributed by atoms with van der Waals surface area (Å²) >= 11 is 0. The van der Waals surface area contributed by atoms with Gasteiger partial charge in [-0.1, -0.05) is 30.3 Å². The summed E-state index contributed by atoms with van der Waals surface area (Å²) in [7, 11) is 6.40. The maximum absolute atomic E-state index is 12.7. The molecule has 0 radical (unpaired) electrons. The Labute approximate surface area is 277 Å². The average Bonchev–Trinajstić information content (AvgIpc) is 3.10. The first-order valence-corrected chi connectivity index (χ1v) is 14.9. The minimum absolute atomic E-state index is 0.139. The Hall–Kier alpha value is -5.70. The molecule has 0 heterocycles. The zero-order valence-electron chi connectivity index (χ0n) is 27.3. The van der Waals surface area contributed by atoms with Crippen molar-refractivity contribution < 1.29 is 38.3 Å². The number of nitrogens with zero attached hydrogens (tertiary/aromatic N) is 1. The molecule has 0 saturated carbocycles. The second kappa shape index (κ2) is 17.9. The van der Waals surface area contributed by atoms with E-state index in [1.807, 2.05) is 31.3 Å². The monoisotopic (exact) mass is 664 g/mol. The van der Waals surface area contributed by atoms with E-state index < -0.39 is 47.2 Å². The van der Waals surface area contributed by atoms with Crippen molar-refractivity contribution in [3.05, 3.63) is 93.5 Å². The van der Waals surface area contributed by atoms with Crippen molar-refractivity contribution in [1.82, 2.24) is 26.6 Å². The molecule has 0 aromatic heterocycles. The Balaban J connectivity index is 1.51. The standard InChI is InChI=1S/C33H40N6O9/c1-20(33(43)36-18-30(41)38-26(17-29(40)34-2)24-8-6-7-9-27(24)39(44)45)37-31(42)19-48-22-12-10-21(11-13-22)32(35-3)25-15-14-23(46-4)16-28(25)47-5/h6-16,20,26,32,35H,17-19H2,1-5H3,(H,34,40)(H,36,43)(H,37,42)(H,38,41)/t20-,26+,32-/m0/s1. The summed E-state index contributed by atoms with van der Waals surface area (Å²) < 4.78 is 16.4. The van der Waals surface area contributed by atoms with Crippen LogP contribution in [-0.2, 0) is 19.2 Å². The summed E-state index contributed by atoms with van der Waals surface area (Å²) in [6.07, 6.45) is -0.260. The normalized spacial score (nSPS) is 12.4. The molecule has 48 heavy (non-hydrogen) atoms. The number of benzene rings is 3. The predicted octanol–water partition coefficient (Wildman–Crippen LogP) is 1.91. The van der Waals surface area contributed by atoms with Crippen LogP contribution in [0, 0.1) is 10.1 Å². The Morgan fingerprint density at radius 3 is 2.15 bits per heavy atom. The maximum Gasteiger partial charge on any atom is 0.274 e. The molecule has 0 saturated heterocycles. The molecule has 256 valence electrons. The number of rotatable bonds is 17. The quantitative estimate of drug-likeness (QED) is 0.105. The molecule has 3 atom stereocenters. The van der Waals surface area contributed by atoms with Gasteiger partial charge in [-0.2, -0.15) is 0 Å². The Morgan fingerprint density at radius 1 is 0.833 bits per heavy atom. The number of ether oxygens (including phenoxy) is 3. The number of nitrogens with one attached hydrogen (secondary N) is 5. The molecule has 5 N–H and O–H groups in total. The number of hydrogen-bond donors (Lipinski definition) is 5. The van der Waals surface area contributed by atoms with Gasteiger partial charge >= 0.3 is 0 Å². The van der Waals surface area contributed by atoms with Crippen molar-refractivity contribution in [3.8, 4) is 17.2 Å². The van der Waals surface area contributed by atoms with E-state index in [-0.39, 0.29) is 30.3 Å². The maximum atomic E-state index is 12.7. The van der Waals surface area contributed by atoms with E-state index in [9.17, 15) is 29.3 Å². The Morgan fingerprint density at radius 2 is 1.52 bits per heavy atom. The van der Waals surface area contributed by atoms with Crippen molar-refractivity contribution in [2.45, 2.75) is 31.5 Å². The highest BCUT2D eigenvalue weighted by Gasteiger charge is 2.26. The molecular weight excluding hydrogens is 624 g/mol. The fourth-order valence-corrected chi connectivity index (χ4v) is 4.85. The van der Waals surface area contributed by atoms with Gasteiger partial charge in [0.15, 0.2) is 6.61 Å². The number of hydrogen-bond acceptors (Lipinski definition) is 10. The lowest BCUT2D eigenvalue weighted by Crippen LogP contribution is -2.48. The largest absolute Gasteiger partial charge is 0.497 e. The van der Waals surface area contributed by atoms with Crippen LogP contribution in [0.3, 0.4) is 0 Å². The number of nitro benzene ring substituents is 1. The lowest BCUT2D eigenvalue weighted by molar-refractivity contribution is -0.385. The highest BCUT2D eigenvalue weighted by atomic mass is 16.6. The third-order valence-electron chi connectivity index (χ3n) is 7.33. The molecule has 15 heteroatoms. The zero-order chi connectivity index (χ0) is 35.2. The number of nitro groups is 1. The van der Waals surface area contributed by atoms with Crippen LogP contribution < -0.4 is 40.8 Å². The molecule has 0 aliphatic carbocycles. The summed E-state index contributed by atoms with van der Waals surface area (Å²) in [5, 5.41) is 24.7. The summed E-state index contributed by atoms with van der Waals surface area (Å²) in [6.45, 7) is 0.575. The average molecular weight is 665 g/mol. The summed E-state index contributed by atoms with van der Waals surface area (Å²) in [5.41, 5.74) is 1.71. The van der Waals surface area contributed by atoms with E-state index in [1.54, 1.807) is 38.5 Å². The van der Waals surface area contributed by atoms with Gasteiger partial charge in [0.25, 0.3) is 11.6 Å². The Bertz CT molecular complexity index is 1600. The van der Waals surface area contributed by atoms with Crippen LogP contribution in [0.5, 0.6) is 17.2 Å². The van der Waals surface area contributed by atoms with Crippen LogP contribution in [0.1, 0.15) is 42.1 Å². The van der Waals surface area contributed by atoms with Crippen LogP contribution in [-0.4, -0.2) is 76.1 Å². The molecule has 0 aliphatic rings. The van der Waals surface area contributed by atoms with E-state index >= 15 is 0 Å². The summed E-state index contributed by atoms with van der Waals surface area (Å²) in [6, 6.07) is 16.2. The summed E-state index contributed by atoms with van der Waals surface area (Å²) in [4.78, 5) is 60.7. The first-order valence-electron chi connectivity index (χ1n) is 14.9. The van der Waals surface area contributed by atoms with Crippen LogP contribution in [0.15, 0.2) is 66.7 Å². The van der Waals surface area contributed by atoms with E-state index in [0.29, 0.717) is 17.2 Å². The molecule has 0 spiro atoms. The molecule has 3 rings (SSSR count). The van der Waals surface area contributed by atoms with Crippen molar-refractivity contribution in [2.24, 2.45) is 0 Å². The number of carbonyl (C=O) groups is 4. The van der Waals surface area contributed by atoms with Crippen molar-refractivity contribution in [1.29, 1.82) is 0 Å². The van der Waals surface area contributed by atoms with Gasteiger partial charge in [0.05, 0.1) is 49.8 Å². The number of amides is 4. The second-order valence-corrected chi connectivity index (χ2v) is 10.5. The van der Waals surface area contributed by atoms with Crippen LogP contribution in [0.4, 0.5) is 5.69 Å². The lowest BCUT2D eigenvalue weighted by atomic mass is 9.97. The third-order valence-corrected chi connectivity index (χ3v) is 7.33. The minimum Gasteiger partial charge on any atom is -0.497 e. The van der Waals surface area contributed by atoms with E-state index in [1.165, 1.54) is 32.2 Å². The van der Waals surface area contributed by atoms with Gasteiger partial charge in [-0.25, -0.2) is 0 Å². The molecule has 3 aromatic carbocycles. The van der Waals surface area contributed by atoms with Crippen LogP contribution in [0.2, 0.25) is 0 Å². The van der Waals surface area contributed by atoms with Crippen LogP contribution >= 0.6 is 0 Å². The lowest BCUT2D eigenvalue weighted by Gasteiger charge is -2.21. The first kappa shape index (κ1) is 36.8. The molecular formula is C33H40N6O9. The van der Waals surface area contributed by atoms with E-state index in [2.05, 4.69) is 26.6 Å². The van der Waals surface area contributed by atoms with Crippen molar-refractivity contribution >= 4 is 29.3 Å². The molecule has 3 aromatic rings. The smallest absolute Gasteiger partial charge is 0.274 e. The highest BCUT2D eigenvalue weighted by Crippen LogP contribution is 2.33. The highest BCUT2D eigenvalue weighted by molar-refractivity contribution is 5.90. The van der Waals surface area contributed by atoms with Gasteiger partial charge in [0.2, 0.25) is 17.7 Å². The third kappa shape index (κ3) is 10.2. The molecule has 4 amide bonds. The van der Waals surface area contributed by atoms with Gasteiger partial charge in [-0.15, -0.1) is 0 Å². The fourth-order valence-electron chi connectivity index (χ4n) is 4.85. The topological polar surface area (TPSA) is 199 Å². The van der Waals surface area contributed by atoms with Crippen molar-refractivity contribution in [3.63, 3.8) is 0 Å². The molecule has 15 nitrogen and oxygen atoms in total. The van der Waals surface area contributed by atoms with Gasteiger partial charge < -0.3 is 40.8 Å². The van der Waals surface area contributed by atoms with Gasteiger partial charge in [-0.3, -0.25) is 29.3 Å². The number of methoxy groups -OCH3 is 2. The second-order valence-electron chi connectivity index (χ2n) is 10.5. The molecule has 0 bridgehead atoms. The molecule has 0 aliphatic heterocycles. The predicted molar refractivity (Wildman–Crippen MR) is 176 cm³/mol. The fraction of sp³-hybridized carbons (Fsp3) is 0.333. The first-order chi connectivity index (χ1) is 23.0. The van der Waals surface area contributed by atoms with Gasteiger partial charge in [-0.05, 0) is 43.8 Å². The number of para-hydroxylation sites is 1. The van der Waals surface area contributed by atoms with Gasteiger partial charge in [0, 0.05) is 24.7 Å². The van der Waals surface area contributed by atoms with Crippen molar-refractivity contribution in [2.75, 3.05) is 41.5 Å². The van der Waals surface area contributed by atoms with Crippen LogP contribution in [0.25, 0.3) is 0 Å².